The Morgan fingerprint density at radius 1 is 1.31 bits per heavy atom. The van der Waals surface area contributed by atoms with Gasteiger partial charge in [-0.3, -0.25) is 4.79 Å². The molecule has 0 aliphatic heterocycles. The molecule has 0 aromatic carbocycles. The highest BCUT2D eigenvalue weighted by Gasteiger charge is 2.11. The number of carboxylic acids is 2. The predicted molar refractivity (Wildman–Crippen MR) is 44.6 cm³/mol. The van der Waals surface area contributed by atoms with E-state index in [1.54, 1.807) is 17.9 Å². The largest absolute Gasteiger partial charge is 0.481 e. The van der Waals surface area contributed by atoms with Gasteiger partial charge in [-0.15, -0.1) is 0 Å². The van der Waals surface area contributed by atoms with Gasteiger partial charge >= 0.3 is 11.9 Å². The van der Waals surface area contributed by atoms with Gasteiger partial charge in [0.1, 0.15) is 0 Å². The molecule has 6 heteroatoms. The van der Waals surface area contributed by atoms with Crippen molar-refractivity contribution in [3.63, 3.8) is 0 Å². The highest BCUT2D eigenvalue weighted by molar-refractivity contribution is 7.48. The van der Waals surface area contributed by atoms with Gasteiger partial charge in [-0.2, -0.15) is 4.57 Å². The molecule has 0 saturated carbocycles. The Kier molecular flexibility index (Phi) is 3.03. The maximum absolute atomic E-state index is 10.3. The molecule has 5 nitrogen and oxygen atoms in total. The Hall–Kier alpha value is -1.35. The van der Waals surface area contributed by atoms with Crippen molar-refractivity contribution in [2.45, 2.75) is 12.7 Å². The number of rotatable bonds is 4. The van der Waals surface area contributed by atoms with Gasteiger partial charge in [-0.1, -0.05) is 0 Å². The van der Waals surface area contributed by atoms with Crippen LogP contribution in [0.2, 0.25) is 0 Å². The van der Waals surface area contributed by atoms with Crippen LogP contribution in [0.4, 0.5) is 0 Å². The number of carbonyl (C=O) groups is 2. The second kappa shape index (κ2) is 4.05. The fourth-order valence-corrected chi connectivity index (χ4v) is 2.40. The van der Waals surface area contributed by atoms with Gasteiger partial charge < -0.3 is 10.2 Å². The summed E-state index contributed by atoms with van der Waals surface area (Å²) in [5.74, 6) is 1.63. The molecule has 1 aromatic heterocycles. The third-order valence-corrected chi connectivity index (χ3v) is 3.13. The quantitative estimate of drug-likeness (QED) is 0.680. The van der Waals surface area contributed by atoms with Crippen LogP contribution in [0.1, 0.15) is 0 Å². The molecule has 0 spiro atoms. The van der Waals surface area contributed by atoms with Crippen LogP contribution in [0.5, 0.6) is 0 Å². The van der Waals surface area contributed by atoms with Crippen molar-refractivity contribution in [1.29, 1.82) is 0 Å². The van der Waals surface area contributed by atoms with Crippen LogP contribution in [0, 0.1) is 0 Å². The molecule has 13 heavy (non-hydrogen) atoms. The Balaban J connectivity index is 2.63. The fraction of sp³-hybridized carbons (Fsp3) is 0.286. The van der Waals surface area contributed by atoms with E-state index in [1.807, 2.05) is 0 Å². The summed E-state index contributed by atoms with van der Waals surface area (Å²) in [4.78, 5) is 20.6. The normalized spacial score (nSPS) is 11.2. The molecule has 1 heterocycles. The van der Waals surface area contributed by atoms with E-state index in [2.05, 4.69) is 0 Å². The molecule has 1 aromatic rings. The number of carboxylic acid groups (broad SMARTS) is 2. The molecular formula is C7H9NO4P+. The van der Waals surface area contributed by atoms with E-state index in [0.717, 1.165) is 0 Å². The zero-order chi connectivity index (χ0) is 9.84. The lowest BCUT2D eigenvalue weighted by Crippen LogP contribution is -2.34. The van der Waals surface area contributed by atoms with Crippen LogP contribution >= 0.6 is 7.53 Å². The van der Waals surface area contributed by atoms with E-state index in [0.29, 0.717) is 0 Å². The molecule has 0 radical (unpaired) electrons. The molecule has 0 aliphatic carbocycles. The van der Waals surface area contributed by atoms with Crippen molar-refractivity contribution < 1.29 is 24.4 Å². The molecule has 0 fully saturated rings. The molecular weight excluding hydrogens is 193 g/mol. The minimum atomic E-state index is -0.923. The van der Waals surface area contributed by atoms with Gasteiger partial charge in [-0.25, -0.2) is 4.79 Å². The third kappa shape index (κ3) is 3.25. The summed E-state index contributed by atoms with van der Waals surface area (Å²) >= 11 is 0. The first-order valence-corrected chi connectivity index (χ1v) is 5.23. The number of nitrogens with zero attached hydrogens (tertiary/aromatic N) is 1. The summed E-state index contributed by atoms with van der Waals surface area (Å²) in [6.07, 6.45) is 1.69. The van der Waals surface area contributed by atoms with Gasteiger partial charge in [0.15, 0.2) is 12.1 Å². The van der Waals surface area contributed by atoms with Crippen LogP contribution in [-0.2, 0) is 22.3 Å². The molecule has 0 saturated heterocycles. The second-order valence-electron chi connectivity index (χ2n) is 2.55. The first-order valence-electron chi connectivity index (χ1n) is 3.56. The SMILES string of the molecule is O=C(O)C[n+]1ccp(CC(=O)O)c1. The zero-order valence-electron chi connectivity index (χ0n) is 6.75. The Labute approximate surface area is 75.3 Å². The van der Waals surface area contributed by atoms with E-state index >= 15 is 0 Å². The number of aliphatic carboxylic acids is 2. The van der Waals surface area contributed by atoms with Crippen LogP contribution in [0.3, 0.4) is 0 Å². The van der Waals surface area contributed by atoms with Crippen molar-refractivity contribution in [2.24, 2.45) is 0 Å². The average Bonchev–Trinajstić information content (AvgIpc) is 2.33. The average molecular weight is 202 g/mol. The van der Waals surface area contributed by atoms with Crippen molar-refractivity contribution in [1.82, 2.24) is 0 Å². The zero-order valence-corrected chi connectivity index (χ0v) is 7.65. The van der Waals surface area contributed by atoms with Gasteiger partial charge in [0.25, 0.3) is 0 Å². The topological polar surface area (TPSA) is 78.5 Å². The highest BCUT2D eigenvalue weighted by atomic mass is 31.1. The standard InChI is InChI=1S/C7H8NO4P/c9-6(10)3-8-1-2-13(5-8)4-7(11)12/h1-2,5H,3-4H2,(H-,9,10,11,12)/p+1. The van der Waals surface area contributed by atoms with Crippen LogP contribution in [-0.4, -0.2) is 22.2 Å². The third-order valence-electron chi connectivity index (χ3n) is 1.38. The highest BCUT2D eigenvalue weighted by Crippen LogP contribution is 2.24. The molecule has 0 bridgehead atoms. The summed E-state index contributed by atoms with van der Waals surface area (Å²) in [7, 11) is -0.797. The van der Waals surface area contributed by atoms with Gasteiger partial charge in [0.05, 0.1) is 6.16 Å². The van der Waals surface area contributed by atoms with Crippen molar-refractivity contribution in [2.75, 3.05) is 0 Å². The smallest absolute Gasteiger partial charge is 0.370 e. The molecule has 0 aliphatic rings. The summed E-state index contributed by atoms with van der Waals surface area (Å²) in [5.41, 5.74) is 0. The van der Waals surface area contributed by atoms with Gasteiger partial charge in [0, 0.05) is 5.80 Å². The van der Waals surface area contributed by atoms with E-state index in [1.165, 1.54) is 4.57 Å². The van der Waals surface area contributed by atoms with E-state index in [4.69, 9.17) is 10.2 Å². The molecule has 1 atom stereocenters. The fourth-order valence-electron chi connectivity index (χ4n) is 0.938. The van der Waals surface area contributed by atoms with Gasteiger partial charge in [-0.05, 0) is 7.53 Å². The lowest BCUT2D eigenvalue weighted by Gasteiger charge is -1.86. The van der Waals surface area contributed by atoms with Gasteiger partial charge in [0.2, 0.25) is 6.54 Å². The van der Waals surface area contributed by atoms with E-state index < -0.39 is 19.5 Å². The monoisotopic (exact) mass is 202 g/mol. The minimum absolute atomic E-state index is 0.0714. The summed E-state index contributed by atoms with van der Waals surface area (Å²) in [6, 6.07) is 0. The summed E-state index contributed by atoms with van der Waals surface area (Å²) < 4.78 is 1.50. The number of hydrogen-bond donors (Lipinski definition) is 2. The molecule has 70 valence electrons. The second-order valence-corrected chi connectivity index (χ2v) is 4.42. The van der Waals surface area contributed by atoms with Crippen LogP contribution < -0.4 is 4.57 Å². The first-order chi connectivity index (χ1) is 6.08. The number of aromatic nitrogens is 1. The number of hydrogen-bond acceptors (Lipinski definition) is 2. The first kappa shape index (κ1) is 9.74. The summed E-state index contributed by atoms with van der Waals surface area (Å²) in [6.45, 7) is -0.102. The van der Waals surface area contributed by atoms with Crippen molar-refractivity contribution in [3.05, 3.63) is 17.9 Å². The lowest BCUT2D eigenvalue weighted by atomic mass is 10.6. The molecule has 1 unspecified atom stereocenters. The Morgan fingerprint density at radius 2 is 2.00 bits per heavy atom. The van der Waals surface area contributed by atoms with Crippen LogP contribution in [0.15, 0.2) is 17.9 Å². The van der Waals surface area contributed by atoms with E-state index in [9.17, 15) is 9.59 Å². The lowest BCUT2D eigenvalue weighted by molar-refractivity contribution is -0.681. The van der Waals surface area contributed by atoms with Crippen molar-refractivity contribution >= 4 is 19.5 Å². The molecule has 0 amide bonds. The Bertz CT molecular complexity index is 302. The summed E-state index contributed by atoms with van der Waals surface area (Å²) in [5, 5.41) is 16.9. The maximum atomic E-state index is 10.3. The maximum Gasteiger partial charge on any atom is 0.370 e. The molecule has 1 rings (SSSR count). The predicted octanol–water partition coefficient (Wildman–Crippen LogP) is 0.130. The minimum Gasteiger partial charge on any atom is -0.481 e. The van der Waals surface area contributed by atoms with Crippen LogP contribution in [0.25, 0.3) is 0 Å². The van der Waals surface area contributed by atoms with E-state index in [-0.39, 0.29) is 12.7 Å². The van der Waals surface area contributed by atoms with Crippen molar-refractivity contribution in [3.8, 4) is 0 Å². The Morgan fingerprint density at radius 3 is 2.54 bits per heavy atom. The molecule has 2 N–H and O–H groups in total.